The molecule has 0 bridgehead atoms. The molecule has 0 saturated heterocycles. The monoisotopic (exact) mass is 851 g/mol. The molecule has 3 heterocycles. The fourth-order valence-electron chi connectivity index (χ4n) is 5.39. The minimum absolute atomic E-state index is 0.0278. The number of H-pyrrole nitrogens is 1. The Hall–Kier alpha value is -5.76. The molecule has 0 aromatic carbocycles. The van der Waals surface area contributed by atoms with Gasteiger partial charge in [-0.05, 0) is 114 Å². The lowest BCUT2D eigenvalue weighted by Crippen LogP contribution is -2.26. The molecule has 1 aliphatic heterocycles. The van der Waals surface area contributed by atoms with Crippen molar-refractivity contribution in [2.45, 2.75) is 98.3 Å². The first-order chi connectivity index (χ1) is 28.6. The summed E-state index contributed by atoms with van der Waals surface area (Å²) >= 11 is 4.64. The van der Waals surface area contributed by atoms with Crippen LogP contribution < -0.4 is 11.3 Å². The summed E-state index contributed by atoms with van der Waals surface area (Å²) in [6, 6.07) is 8.08. The van der Waals surface area contributed by atoms with Crippen LogP contribution in [0.15, 0.2) is 27.3 Å². The third-order valence-electron chi connectivity index (χ3n) is 8.90. The molecule has 60 heavy (non-hydrogen) atoms. The van der Waals surface area contributed by atoms with Crippen molar-refractivity contribution in [2.24, 2.45) is 40.3 Å². The number of aromatic amines is 1. The van der Waals surface area contributed by atoms with Crippen LogP contribution in [0.5, 0.6) is 0 Å². The summed E-state index contributed by atoms with van der Waals surface area (Å²) in [5.74, 6) is 0.660. The Morgan fingerprint density at radius 2 is 1.53 bits per heavy atom. The molecule has 7 rings (SSSR count). The third-order valence-corrected chi connectivity index (χ3v) is 8.90. The fraction of sp³-hybridized carbons (Fsp3) is 0.585. The highest BCUT2D eigenvalue weighted by molar-refractivity contribution is 6.62. The second-order valence-electron chi connectivity index (χ2n) is 14.1. The van der Waals surface area contributed by atoms with Gasteiger partial charge in [0, 0.05) is 42.7 Å². The Bertz CT molecular complexity index is 2050. The third kappa shape index (κ3) is 19.8. The van der Waals surface area contributed by atoms with E-state index in [0.29, 0.717) is 47.5 Å². The lowest BCUT2D eigenvalue weighted by molar-refractivity contribution is -0.491. The van der Waals surface area contributed by atoms with Gasteiger partial charge in [0.25, 0.3) is 5.56 Å². The van der Waals surface area contributed by atoms with E-state index in [0.717, 1.165) is 62.1 Å². The molecule has 3 N–H and O–H groups in total. The maximum atomic E-state index is 12.1. The van der Waals surface area contributed by atoms with Gasteiger partial charge in [0.2, 0.25) is 5.24 Å². The fourth-order valence-corrected chi connectivity index (χ4v) is 5.39. The number of aliphatic imine (C=N–C) groups is 1. The number of carbonyl (C=O) groups is 4. The molecule has 2 unspecified atom stereocenters. The molecule has 0 radical (unpaired) electrons. The Morgan fingerprint density at radius 1 is 0.950 bits per heavy atom. The number of aromatic nitrogens is 3. The molecule has 18 nitrogen and oxygen atoms in total. The number of nitriles is 4. The van der Waals surface area contributed by atoms with Crippen molar-refractivity contribution in [3.63, 3.8) is 0 Å². The number of rotatable bonds is 10. The first-order valence-corrected chi connectivity index (χ1v) is 19.7. The number of ketones is 2. The van der Waals surface area contributed by atoms with Gasteiger partial charge in [0.1, 0.15) is 41.1 Å². The summed E-state index contributed by atoms with van der Waals surface area (Å²) in [4.78, 5) is 70.3. The molecule has 0 spiro atoms. The van der Waals surface area contributed by atoms with Gasteiger partial charge in [-0.15, -0.1) is 0 Å². The molecule has 2 aromatic heterocycles. The van der Waals surface area contributed by atoms with Gasteiger partial charge in [0.05, 0.1) is 45.1 Å². The maximum absolute atomic E-state index is 12.1. The number of nitrogens with zero attached hydrogens (tertiary/aromatic N) is 7. The Kier molecular flexibility index (Phi) is 24.2. The van der Waals surface area contributed by atoms with Gasteiger partial charge >= 0.3 is 5.97 Å². The van der Waals surface area contributed by atoms with Crippen LogP contribution in [-0.4, -0.2) is 71.0 Å². The number of Topliss-reactive ketones (excluding diaryl/α,β-unsaturated/α-hetero) is 2. The van der Waals surface area contributed by atoms with Crippen LogP contribution in [0.4, 0.5) is 0 Å². The number of hydrogen-bond donors (Lipinski definition) is 2. The van der Waals surface area contributed by atoms with Crippen LogP contribution in [0, 0.1) is 81.8 Å². The molecule has 324 valence electrons. The van der Waals surface area contributed by atoms with Gasteiger partial charge in [-0.3, -0.25) is 34.1 Å². The summed E-state index contributed by atoms with van der Waals surface area (Å²) in [5.41, 5.74) is 8.72. The van der Waals surface area contributed by atoms with Crippen LogP contribution in [0.1, 0.15) is 108 Å². The number of fused-ring (bicyclic) bond motifs is 1. The molecule has 4 saturated carbocycles. The minimum Gasteiger partial charge on any atom is -0.465 e. The number of nitrogens with two attached hydrogens (primary N) is 1. The number of allylic oxidation sites excluding steroid dienone is 1. The van der Waals surface area contributed by atoms with Crippen molar-refractivity contribution in [1.29, 1.82) is 21.0 Å². The Labute approximate surface area is 354 Å². The highest BCUT2D eigenvalue weighted by Gasteiger charge is 2.40. The summed E-state index contributed by atoms with van der Waals surface area (Å²) < 4.78 is 6.17. The molecule has 2 atom stereocenters. The molecule has 2 aromatic rings. The zero-order valence-electron chi connectivity index (χ0n) is 35.2. The average Bonchev–Trinajstić information content (AvgIpc) is 3.96. The summed E-state index contributed by atoms with van der Waals surface area (Å²) in [6.45, 7) is 8.68. The van der Waals surface area contributed by atoms with Gasteiger partial charge in [-0.25, -0.2) is 19.3 Å². The lowest BCUT2D eigenvalue weighted by atomic mass is 10.00. The van der Waals surface area contributed by atoms with Crippen LogP contribution in [0.25, 0.3) is 5.65 Å². The van der Waals surface area contributed by atoms with Crippen molar-refractivity contribution in [3.8, 4) is 24.3 Å². The van der Waals surface area contributed by atoms with Crippen molar-refractivity contribution in [1.82, 2.24) is 14.6 Å². The van der Waals surface area contributed by atoms with Crippen molar-refractivity contribution >= 4 is 46.2 Å². The Morgan fingerprint density at radius 3 is 1.83 bits per heavy atom. The summed E-state index contributed by atoms with van der Waals surface area (Å²) in [5, 5.41) is 39.8. The van der Waals surface area contributed by atoms with Crippen molar-refractivity contribution in [3.05, 3.63) is 44.6 Å². The highest BCUT2D eigenvalue weighted by atomic mass is 35.5. The van der Waals surface area contributed by atoms with E-state index < -0.39 is 5.92 Å². The second-order valence-corrected chi connectivity index (χ2v) is 14.6. The summed E-state index contributed by atoms with van der Waals surface area (Å²) in [6.07, 6.45) is 12.6. The second kappa shape index (κ2) is 27.8. The van der Waals surface area contributed by atoms with E-state index in [1.807, 2.05) is 25.1 Å². The normalized spacial score (nSPS) is 16.2. The minimum atomic E-state index is -0.482. The molecule has 5 aliphatic rings. The van der Waals surface area contributed by atoms with E-state index in [9.17, 15) is 24.0 Å². The molecule has 4 aliphatic carbocycles. The topological polar surface area (TPSA) is 289 Å². The predicted octanol–water partition coefficient (Wildman–Crippen LogP) is 5.38. The molecular weight excluding hydrogens is 798 g/mol. The lowest BCUT2D eigenvalue weighted by Gasteiger charge is -2.10. The standard InChI is InChI=1S/C11H10N4O.C9H14O3.C7H9NO.C5H5N3.C5H7N.C2H3ClO.C2H6O3/c1-6-9(7-2-3-7)11(16)15-10(14-6)8(4-12)5-13-15;1-3-12-9(11)8(6(2)10)7-4-5-7;1-5(9)7(4-8)6-2-3-6;6-1-4-2-8-3-5(4)7;6-4-3-5-1-2-5;1-2(3)4;1-3-5-4-2/h5,7,13H,2-3H2,1H3;7-8H,3-5H2,1-2H3;6-7H,2-3H2,1H3;2H,3,7H2;5H,1-3H2;1H3;1-2H3. The number of halogens is 1. The predicted molar refractivity (Wildman–Crippen MR) is 218 cm³/mol. The number of carbonyl (C=O) groups excluding carboxylic acids is 4. The van der Waals surface area contributed by atoms with E-state index in [-0.39, 0.29) is 40.2 Å². The van der Waals surface area contributed by atoms with Gasteiger partial charge in [-0.2, -0.15) is 21.0 Å². The molecule has 4 fully saturated rings. The van der Waals surface area contributed by atoms with Gasteiger partial charge in [0.15, 0.2) is 5.65 Å². The zero-order valence-corrected chi connectivity index (χ0v) is 35.9. The SMILES string of the molecule is CC(=O)C(C#N)C1CC1.CC(=O)Cl.CCOC(=O)C(C(C)=O)C1CC1.COOOC.Cc1nc2c(C#N)c[nH]n2c(=O)c1C1CC1.N#CC1=C(N)CN=C1.N#CCC1CC1. The number of aryl methyl sites for hydroxylation is 1. The van der Waals surface area contributed by atoms with Crippen LogP contribution in [0.2, 0.25) is 0 Å². The largest absolute Gasteiger partial charge is 0.465 e. The molecule has 0 amide bonds. The van der Waals surface area contributed by atoms with Crippen molar-refractivity contribution in [2.75, 3.05) is 27.4 Å². The zero-order chi connectivity index (χ0) is 45.4. The molecular formula is C41H54ClN9O9. The van der Waals surface area contributed by atoms with E-state index >= 15 is 0 Å². The van der Waals surface area contributed by atoms with E-state index in [1.54, 1.807) is 6.92 Å². The number of nitrogens with one attached hydrogen (secondary N) is 1. The van der Waals surface area contributed by atoms with Gasteiger partial charge in [-0.1, -0.05) is 5.04 Å². The quantitative estimate of drug-likeness (QED) is 0.0996. The average molecular weight is 852 g/mol. The first-order valence-electron chi connectivity index (χ1n) is 19.3. The van der Waals surface area contributed by atoms with Gasteiger partial charge < -0.3 is 10.5 Å². The first kappa shape index (κ1) is 52.3. The van der Waals surface area contributed by atoms with Crippen LogP contribution >= 0.6 is 11.6 Å². The smallest absolute Gasteiger partial charge is 0.316 e. The van der Waals surface area contributed by atoms with Crippen molar-refractivity contribution < 1.29 is 38.7 Å². The van der Waals surface area contributed by atoms with E-state index in [1.165, 1.54) is 64.8 Å². The maximum Gasteiger partial charge on any atom is 0.316 e. The Balaban J connectivity index is 0.000000368. The number of ether oxygens (including phenoxy) is 1. The van der Waals surface area contributed by atoms with E-state index in [2.05, 4.69) is 47.6 Å². The summed E-state index contributed by atoms with van der Waals surface area (Å²) in [7, 11) is 2.73. The number of esters is 1. The molecule has 19 heteroatoms. The number of hydrogen-bond acceptors (Lipinski definition) is 16. The van der Waals surface area contributed by atoms with Crippen LogP contribution in [-0.2, 0) is 38.7 Å². The van der Waals surface area contributed by atoms with E-state index in [4.69, 9.17) is 31.5 Å². The van der Waals surface area contributed by atoms with Crippen LogP contribution in [0.3, 0.4) is 0 Å². The highest BCUT2D eigenvalue weighted by Crippen LogP contribution is 2.40.